The van der Waals surface area contributed by atoms with Crippen LogP contribution in [0.1, 0.15) is 38.1 Å². The minimum atomic E-state index is 0.0405. The molecule has 2 aromatic rings. The van der Waals surface area contributed by atoms with Gasteiger partial charge in [-0.3, -0.25) is 0 Å². The highest BCUT2D eigenvalue weighted by atomic mass is 16.5. The van der Waals surface area contributed by atoms with E-state index in [1.54, 1.807) is 0 Å². The van der Waals surface area contributed by atoms with Crippen LogP contribution >= 0.6 is 0 Å². The van der Waals surface area contributed by atoms with Crippen LogP contribution < -0.4 is 5.73 Å². The molecule has 0 radical (unpaired) electrons. The van der Waals surface area contributed by atoms with E-state index in [-0.39, 0.29) is 6.04 Å². The third-order valence-corrected chi connectivity index (χ3v) is 2.80. The first-order valence-corrected chi connectivity index (χ1v) is 6.24. The van der Waals surface area contributed by atoms with Crippen LogP contribution in [0.4, 0.5) is 0 Å². The lowest BCUT2D eigenvalue weighted by molar-refractivity contribution is 0.420. The van der Waals surface area contributed by atoms with Crippen molar-refractivity contribution in [3.05, 3.63) is 35.7 Å². The van der Waals surface area contributed by atoms with E-state index in [0.717, 1.165) is 5.56 Å². The van der Waals surface area contributed by atoms with E-state index in [0.29, 0.717) is 24.1 Å². The fourth-order valence-corrected chi connectivity index (χ4v) is 1.75. The van der Waals surface area contributed by atoms with E-state index < -0.39 is 0 Å². The Hall–Kier alpha value is -1.68. The third-order valence-electron chi connectivity index (χ3n) is 2.80. The van der Waals surface area contributed by atoms with Crippen LogP contribution in [0.2, 0.25) is 0 Å². The standard InChI is InChI=1S/C14H19N3O/c1-9(2)11-4-6-12(7-5-11)14-16-13(17-18-14)8-10(3)15/h4-7,9-10H,8,15H2,1-3H3. The van der Waals surface area contributed by atoms with Crippen molar-refractivity contribution in [2.24, 2.45) is 5.73 Å². The number of hydrogen-bond acceptors (Lipinski definition) is 4. The lowest BCUT2D eigenvalue weighted by atomic mass is 10.0. The molecule has 1 unspecified atom stereocenters. The topological polar surface area (TPSA) is 64.9 Å². The average Bonchev–Trinajstić information content (AvgIpc) is 2.76. The van der Waals surface area contributed by atoms with Crippen molar-refractivity contribution in [3.8, 4) is 11.5 Å². The van der Waals surface area contributed by atoms with Crippen molar-refractivity contribution >= 4 is 0 Å². The molecule has 1 heterocycles. The van der Waals surface area contributed by atoms with E-state index >= 15 is 0 Å². The molecule has 1 aromatic carbocycles. The van der Waals surface area contributed by atoms with Crippen molar-refractivity contribution in [2.75, 3.05) is 0 Å². The molecule has 0 amide bonds. The van der Waals surface area contributed by atoms with E-state index in [2.05, 4.69) is 36.1 Å². The van der Waals surface area contributed by atoms with Crippen LogP contribution in [-0.4, -0.2) is 16.2 Å². The lowest BCUT2D eigenvalue weighted by Crippen LogP contribution is -2.18. The molecule has 4 nitrogen and oxygen atoms in total. The second kappa shape index (κ2) is 5.31. The summed E-state index contributed by atoms with van der Waals surface area (Å²) >= 11 is 0. The van der Waals surface area contributed by atoms with Crippen LogP contribution in [0.5, 0.6) is 0 Å². The molecule has 1 atom stereocenters. The largest absolute Gasteiger partial charge is 0.334 e. The highest BCUT2D eigenvalue weighted by Crippen LogP contribution is 2.21. The Morgan fingerprint density at radius 1 is 1.17 bits per heavy atom. The van der Waals surface area contributed by atoms with Gasteiger partial charge in [0.2, 0.25) is 0 Å². The van der Waals surface area contributed by atoms with Gasteiger partial charge >= 0.3 is 0 Å². The first-order valence-electron chi connectivity index (χ1n) is 6.24. The molecule has 1 aromatic heterocycles. The summed E-state index contributed by atoms with van der Waals surface area (Å²) in [6, 6.07) is 8.25. The van der Waals surface area contributed by atoms with Gasteiger partial charge in [0, 0.05) is 18.0 Å². The maximum Gasteiger partial charge on any atom is 0.257 e. The summed E-state index contributed by atoms with van der Waals surface area (Å²) in [5, 5.41) is 3.92. The Bertz CT molecular complexity index is 500. The Kier molecular flexibility index (Phi) is 3.77. The minimum absolute atomic E-state index is 0.0405. The van der Waals surface area contributed by atoms with Gasteiger partial charge in [0.1, 0.15) is 0 Å². The Morgan fingerprint density at radius 2 is 1.83 bits per heavy atom. The zero-order chi connectivity index (χ0) is 13.1. The Morgan fingerprint density at radius 3 is 2.39 bits per heavy atom. The quantitative estimate of drug-likeness (QED) is 0.899. The first kappa shape index (κ1) is 12.8. The van der Waals surface area contributed by atoms with Gasteiger partial charge < -0.3 is 10.3 Å². The monoisotopic (exact) mass is 245 g/mol. The van der Waals surface area contributed by atoms with Crippen molar-refractivity contribution in [1.29, 1.82) is 0 Å². The summed E-state index contributed by atoms with van der Waals surface area (Å²) in [7, 11) is 0. The number of nitrogens with zero attached hydrogens (tertiary/aromatic N) is 2. The predicted molar refractivity (Wildman–Crippen MR) is 71.2 cm³/mol. The van der Waals surface area contributed by atoms with Crippen LogP contribution in [0.25, 0.3) is 11.5 Å². The summed E-state index contributed by atoms with van der Waals surface area (Å²) < 4.78 is 5.24. The molecule has 4 heteroatoms. The molecule has 0 aliphatic carbocycles. The maximum atomic E-state index is 5.70. The smallest absolute Gasteiger partial charge is 0.257 e. The summed E-state index contributed by atoms with van der Waals surface area (Å²) in [4.78, 5) is 4.34. The summed E-state index contributed by atoms with van der Waals surface area (Å²) in [5.41, 5.74) is 7.95. The van der Waals surface area contributed by atoms with Gasteiger partial charge in [0.05, 0.1) is 0 Å². The molecule has 0 fully saturated rings. The third kappa shape index (κ3) is 2.96. The summed E-state index contributed by atoms with van der Waals surface area (Å²) in [6.45, 7) is 6.26. The van der Waals surface area contributed by atoms with E-state index in [1.165, 1.54) is 5.56 Å². The molecule has 0 aliphatic heterocycles. The maximum absolute atomic E-state index is 5.70. The number of nitrogens with two attached hydrogens (primary N) is 1. The normalized spacial score (nSPS) is 12.9. The van der Waals surface area contributed by atoms with E-state index in [9.17, 15) is 0 Å². The van der Waals surface area contributed by atoms with Gasteiger partial charge in [-0.1, -0.05) is 31.1 Å². The van der Waals surface area contributed by atoms with Crippen LogP contribution in [0.15, 0.2) is 28.8 Å². The highest BCUT2D eigenvalue weighted by molar-refractivity contribution is 5.53. The Balaban J connectivity index is 2.18. The molecule has 0 aliphatic rings. The number of hydrogen-bond donors (Lipinski definition) is 1. The van der Waals surface area contributed by atoms with E-state index in [4.69, 9.17) is 10.3 Å². The van der Waals surface area contributed by atoms with Gasteiger partial charge in [-0.2, -0.15) is 4.98 Å². The van der Waals surface area contributed by atoms with Crippen LogP contribution in [0, 0.1) is 0 Å². The zero-order valence-electron chi connectivity index (χ0n) is 11.1. The molecule has 0 spiro atoms. The van der Waals surface area contributed by atoms with Crippen molar-refractivity contribution in [3.63, 3.8) is 0 Å². The molecule has 18 heavy (non-hydrogen) atoms. The second-order valence-corrected chi connectivity index (χ2v) is 4.97. The number of rotatable bonds is 4. The van der Waals surface area contributed by atoms with Gasteiger partial charge in [-0.05, 0) is 30.5 Å². The van der Waals surface area contributed by atoms with Crippen LogP contribution in [-0.2, 0) is 6.42 Å². The van der Waals surface area contributed by atoms with Crippen molar-refractivity contribution < 1.29 is 4.52 Å². The van der Waals surface area contributed by atoms with Crippen LogP contribution in [0.3, 0.4) is 0 Å². The van der Waals surface area contributed by atoms with Gasteiger partial charge in [-0.25, -0.2) is 0 Å². The van der Waals surface area contributed by atoms with Gasteiger partial charge in [0.25, 0.3) is 5.89 Å². The van der Waals surface area contributed by atoms with Crippen molar-refractivity contribution in [1.82, 2.24) is 10.1 Å². The first-order chi connectivity index (χ1) is 8.56. The average molecular weight is 245 g/mol. The molecular weight excluding hydrogens is 226 g/mol. The summed E-state index contributed by atoms with van der Waals surface area (Å²) in [6.07, 6.45) is 0.633. The SMILES string of the molecule is CC(N)Cc1noc(-c2ccc(C(C)C)cc2)n1. The number of benzene rings is 1. The fraction of sp³-hybridized carbons (Fsp3) is 0.429. The molecule has 2 rings (SSSR count). The molecule has 96 valence electrons. The van der Waals surface area contributed by atoms with E-state index in [1.807, 2.05) is 19.1 Å². The molecular formula is C14H19N3O. The summed E-state index contributed by atoms with van der Waals surface area (Å²) in [5.74, 6) is 1.74. The second-order valence-electron chi connectivity index (χ2n) is 4.97. The minimum Gasteiger partial charge on any atom is -0.334 e. The molecule has 0 saturated heterocycles. The molecule has 0 saturated carbocycles. The zero-order valence-corrected chi connectivity index (χ0v) is 11.1. The number of aromatic nitrogens is 2. The fourth-order valence-electron chi connectivity index (χ4n) is 1.75. The predicted octanol–water partition coefficient (Wildman–Crippen LogP) is 2.75. The Labute approximate surface area is 107 Å². The highest BCUT2D eigenvalue weighted by Gasteiger charge is 2.10. The van der Waals surface area contributed by atoms with Crippen molar-refractivity contribution in [2.45, 2.75) is 39.2 Å². The van der Waals surface area contributed by atoms with Gasteiger partial charge in [0.15, 0.2) is 5.82 Å². The molecule has 0 bridgehead atoms. The lowest BCUT2D eigenvalue weighted by Gasteiger charge is -2.04. The van der Waals surface area contributed by atoms with Gasteiger partial charge in [-0.15, -0.1) is 0 Å². The molecule has 2 N–H and O–H groups in total.